The number of rotatable bonds is 12. The molecule has 0 radical (unpaired) electrons. The second-order valence-corrected chi connectivity index (χ2v) is 6.99. The Balaban J connectivity index is 2.40. The van der Waals surface area contributed by atoms with Crippen molar-refractivity contribution < 1.29 is 9.21 Å². The summed E-state index contributed by atoms with van der Waals surface area (Å²) in [5.74, 6) is 1.18. The fourth-order valence-corrected chi connectivity index (χ4v) is 2.95. The molecule has 2 unspecified atom stereocenters. The van der Waals surface area contributed by atoms with Crippen molar-refractivity contribution in [3.63, 3.8) is 0 Å². The average Bonchev–Trinajstić information content (AvgIpc) is 3.07. The molecule has 1 rings (SSSR count). The third-order valence-electron chi connectivity index (χ3n) is 4.09. The molecule has 6 nitrogen and oxygen atoms in total. The molecule has 0 aromatic carbocycles. The van der Waals surface area contributed by atoms with Crippen LogP contribution < -0.4 is 11.1 Å². The highest BCUT2D eigenvalue weighted by Crippen LogP contribution is 2.15. The van der Waals surface area contributed by atoms with Gasteiger partial charge in [0.2, 0.25) is 5.89 Å². The fraction of sp³-hybridized carbons (Fsp3) is 0.765. The van der Waals surface area contributed by atoms with Crippen molar-refractivity contribution in [2.75, 3.05) is 31.6 Å². The summed E-state index contributed by atoms with van der Waals surface area (Å²) in [7, 11) is 0. The third kappa shape index (κ3) is 7.23. The molecule has 0 aliphatic carbocycles. The molecule has 2 atom stereocenters. The second kappa shape index (κ2) is 11.5. The van der Waals surface area contributed by atoms with E-state index in [1.54, 1.807) is 11.8 Å². The molecule has 0 saturated heterocycles. The number of hydrogen-bond donors (Lipinski definition) is 2. The molecule has 0 bridgehead atoms. The van der Waals surface area contributed by atoms with Crippen molar-refractivity contribution in [3.8, 4) is 0 Å². The predicted molar refractivity (Wildman–Crippen MR) is 100 cm³/mol. The van der Waals surface area contributed by atoms with Crippen molar-refractivity contribution in [2.24, 2.45) is 5.73 Å². The Morgan fingerprint density at radius 3 is 2.75 bits per heavy atom. The Hall–Kier alpha value is -1.05. The van der Waals surface area contributed by atoms with Gasteiger partial charge >= 0.3 is 0 Å². The van der Waals surface area contributed by atoms with Crippen molar-refractivity contribution in [3.05, 3.63) is 17.8 Å². The number of nitrogens with one attached hydrogen (secondary N) is 1. The quantitative estimate of drug-likeness (QED) is 0.599. The van der Waals surface area contributed by atoms with Crippen LogP contribution in [0.5, 0.6) is 0 Å². The monoisotopic (exact) mass is 356 g/mol. The molecule has 1 aromatic heterocycles. The summed E-state index contributed by atoms with van der Waals surface area (Å²) >= 11 is 1.73. The van der Waals surface area contributed by atoms with E-state index in [0.29, 0.717) is 11.6 Å². The van der Waals surface area contributed by atoms with Gasteiger partial charge in [-0.1, -0.05) is 13.8 Å². The third-order valence-corrected chi connectivity index (χ3v) is 4.73. The number of carbonyl (C=O) groups excluding carboxylic acids is 1. The van der Waals surface area contributed by atoms with E-state index in [0.717, 1.165) is 44.6 Å². The first kappa shape index (κ1) is 21.0. The minimum absolute atomic E-state index is 0.110. The van der Waals surface area contributed by atoms with Crippen LogP contribution in [-0.4, -0.2) is 53.5 Å². The molecule has 0 saturated carbocycles. The summed E-state index contributed by atoms with van der Waals surface area (Å²) in [6, 6.07) is -0.149. The highest BCUT2D eigenvalue weighted by Gasteiger charge is 2.18. The smallest absolute Gasteiger partial charge is 0.273 e. The van der Waals surface area contributed by atoms with Gasteiger partial charge in [-0.25, -0.2) is 4.98 Å². The van der Waals surface area contributed by atoms with Gasteiger partial charge in [0.25, 0.3) is 5.91 Å². The van der Waals surface area contributed by atoms with Gasteiger partial charge in [0, 0.05) is 6.04 Å². The Morgan fingerprint density at radius 1 is 1.42 bits per heavy atom. The van der Waals surface area contributed by atoms with Crippen molar-refractivity contribution >= 4 is 17.7 Å². The average molecular weight is 357 g/mol. The van der Waals surface area contributed by atoms with Crippen molar-refractivity contribution in [2.45, 2.75) is 52.1 Å². The SMILES string of the molecule is CCN(CC)CCCC(C)NC(=O)c1coc(C(N)CCSC)n1. The normalized spacial score (nSPS) is 13.9. The summed E-state index contributed by atoms with van der Waals surface area (Å²) < 4.78 is 5.36. The standard InChI is InChI=1S/C17H32N4O2S/c1-5-21(6-2)10-7-8-13(3)19-16(22)15-12-23-17(20-15)14(18)9-11-24-4/h12-14H,5-11,18H2,1-4H3,(H,19,22). The minimum Gasteiger partial charge on any atom is -0.446 e. The zero-order chi connectivity index (χ0) is 17.9. The Bertz CT molecular complexity index is 477. The van der Waals surface area contributed by atoms with E-state index >= 15 is 0 Å². The number of hydrogen-bond acceptors (Lipinski definition) is 6. The van der Waals surface area contributed by atoms with Gasteiger partial charge < -0.3 is 20.4 Å². The molecule has 24 heavy (non-hydrogen) atoms. The van der Waals surface area contributed by atoms with Gasteiger partial charge in [0.05, 0.1) is 6.04 Å². The zero-order valence-electron chi connectivity index (χ0n) is 15.4. The number of oxazole rings is 1. The van der Waals surface area contributed by atoms with E-state index in [-0.39, 0.29) is 18.0 Å². The number of nitrogens with two attached hydrogens (primary N) is 1. The van der Waals surface area contributed by atoms with Crippen molar-refractivity contribution in [1.29, 1.82) is 0 Å². The maximum Gasteiger partial charge on any atom is 0.273 e. The first-order valence-corrected chi connectivity index (χ1v) is 10.1. The van der Waals surface area contributed by atoms with Gasteiger partial charge in [0.1, 0.15) is 6.26 Å². The Labute approximate surface area is 149 Å². The topological polar surface area (TPSA) is 84.4 Å². The number of carbonyl (C=O) groups is 1. The minimum atomic E-state index is -0.259. The maximum atomic E-state index is 12.2. The number of amides is 1. The van der Waals surface area contributed by atoms with Crippen LogP contribution in [0.25, 0.3) is 0 Å². The molecule has 0 spiro atoms. The highest BCUT2D eigenvalue weighted by molar-refractivity contribution is 7.98. The molecule has 1 aromatic rings. The van der Waals surface area contributed by atoms with Gasteiger partial charge in [-0.15, -0.1) is 0 Å². The molecule has 0 fully saturated rings. The van der Waals surface area contributed by atoms with Crippen LogP contribution in [0.3, 0.4) is 0 Å². The molecular weight excluding hydrogens is 324 g/mol. The van der Waals surface area contributed by atoms with E-state index in [9.17, 15) is 4.79 Å². The van der Waals surface area contributed by atoms with Crippen molar-refractivity contribution in [1.82, 2.24) is 15.2 Å². The Kier molecular flexibility index (Phi) is 10.1. The van der Waals surface area contributed by atoms with E-state index in [4.69, 9.17) is 10.2 Å². The van der Waals surface area contributed by atoms with Crippen LogP contribution in [0.4, 0.5) is 0 Å². The first-order valence-electron chi connectivity index (χ1n) is 8.74. The number of thioether (sulfide) groups is 1. The summed E-state index contributed by atoms with van der Waals surface area (Å²) in [6.45, 7) is 9.55. The number of aromatic nitrogens is 1. The van der Waals surface area contributed by atoms with E-state index in [2.05, 4.69) is 29.0 Å². The van der Waals surface area contributed by atoms with Crippen LogP contribution in [0, 0.1) is 0 Å². The summed E-state index contributed by atoms with van der Waals surface area (Å²) in [5, 5.41) is 2.98. The maximum absolute atomic E-state index is 12.2. The van der Waals surface area contributed by atoms with Crippen LogP contribution in [0.1, 0.15) is 62.5 Å². The van der Waals surface area contributed by atoms with Gasteiger partial charge in [-0.3, -0.25) is 4.79 Å². The predicted octanol–water partition coefficient (Wildman–Crippen LogP) is 2.67. The second-order valence-electron chi connectivity index (χ2n) is 6.00. The zero-order valence-corrected chi connectivity index (χ0v) is 16.2. The summed E-state index contributed by atoms with van der Waals surface area (Å²) in [4.78, 5) is 18.8. The molecule has 1 heterocycles. The van der Waals surface area contributed by atoms with E-state index in [1.807, 2.05) is 13.2 Å². The molecular formula is C17H32N4O2S. The fourth-order valence-electron chi connectivity index (χ4n) is 2.46. The van der Waals surface area contributed by atoms with E-state index < -0.39 is 0 Å². The first-order chi connectivity index (χ1) is 11.5. The van der Waals surface area contributed by atoms with Crippen LogP contribution in [0.2, 0.25) is 0 Å². The summed E-state index contributed by atoms with van der Waals surface area (Å²) in [5.41, 5.74) is 6.32. The molecule has 0 aliphatic heterocycles. The molecule has 3 N–H and O–H groups in total. The lowest BCUT2D eigenvalue weighted by atomic mass is 10.1. The summed E-state index contributed by atoms with van der Waals surface area (Å²) in [6.07, 6.45) is 6.21. The molecule has 1 amide bonds. The largest absolute Gasteiger partial charge is 0.446 e. The van der Waals surface area contributed by atoms with Crippen LogP contribution in [-0.2, 0) is 0 Å². The molecule has 0 aliphatic rings. The highest BCUT2D eigenvalue weighted by atomic mass is 32.2. The van der Waals surface area contributed by atoms with Gasteiger partial charge in [-0.2, -0.15) is 11.8 Å². The van der Waals surface area contributed by atoms with E-state index in [1.165, 1.54) is 6.26 Å². The lowest BCUT2D eigenvalue weighted by molar-refractivity contribution is 0.0932. The van der Waals surface area contributed by atoms with Crippen LogP contribution in [0.15, 0.2) is 10.7 Å². The Morgan fingerprint density at radius 2 is 2.12 bits per heavy atom. The van der Waals surface area contributed by atoms with Gasteiger partial charge in [0.15, 0.2) is 5.69 Å². The molecule has 138 valence electrons. The number of nitrogens with zero attached hydrogens (tertiary/aromatic N) is 2. The van der Waals surface area contributed by atoms with Gasteiger partial charge in [-0.05, 0) is 57.8 Å². The van der Waals surface area contributed by atoms with Crippen LogP contribution >= 0.6 is 11.8 Å². The molecule has 7 heteroatoms. The lowest BCUT2D eigenvalue weighted by Gasteiger charge is -2.19. The lowest BCUT2D eigenvalue weighted by Crippen LogP contribution is -2.34.